The highest BCUT2D eigenvalue weighted by atomic mass is 79.9. The maximum Gasteiger partial charge on any atom is 0.297 e. The number of rotatable bonds is 9. The first-order chi connectivity index (χ1) is 16.9. The van der Waals surface area contributed by atoms with E-state index in [0.29, 0.717) is 5.69 Å². The summed E-state index contributed by atoms with van der Waals surface area (Å²) in [6.07, 6.45) is 1.01. The smallest absolute Gasteiger partial charge is 0.297 e. The zero-order valence-corrected chi connectivity index (χ0v) is 23.1. The van der Waals surface area contributed by atoms with Crippen LogP contribution in [-0.4, -0.2) is 38.5 Å². The molecule has 0 saturated carbocycles. The molecule has 0 aliphatic carbocycles. The molecule has 0 N–H and O–H groups in total. The highest BCUT2D eigenvalue weighted by Crippen LogP contribution is 2.24. The van der Waals surface area contributed by atoms with Crippen LogP contribution in [0.3, 0.4) is 0 Å². The van der Waals surface area contributed by atoms with Gasteiger partial charge in [0.15, 0.2) is 10.5 Å². The van der Waals surface area contributed by atoms with Crippen molar-refractivity contribution in [1.29, 1.82) is 0 Å². The van der Waals surface area contributed by atoms with Crippen LogP contribution in [0.5, 0.6) is 0 Å². The molecule has 0 amide bonds. The molecule has 4 aromatic rings. The summed E-state index contributed by atoms with van der Waals surface area (Å²) < 4.78 is 6.87. The lowest BCUT2D eigenvalue weighted by molar-refractivity contribution is 0.293. The fraction of sp³-hybridized carbons (Fsp3) is 0.333. The largest absolute Gasteiger partial charge is 0.316 e. The molecular formula is C27H32BrN5OS. The summed E-state index contributed by atoms with van der Waals surface area (Å²) in [6, 6.07) is 18.1. The second-order valence-corrected chi connectivity index (χ2v) is 10.2. The average molecular weight is 555 g/mol. The predicted molar refractivity (Wildman–Crippen MR) is 149 cm³/mol. The van der Waals surface area contributed by atoms with Gasteiger partial charge in [-0.05, 0) is 62.8 Å². The van der Waals surface area contributed by atoms with Crippen LogP contribution in [0.1, 0.15) is 26.0 Å². The molecule has 184 valence electrons. The minimum absolute atomic E-state index is 0.107. The van der Waals surface area contributed by atoms with Gasteiger partial charge in [0.1, 0.15) is 0 Å². The summed E-state index contributed by atoms with van der Waals surface area (Å²) in [4.78, 5) is 21.7. The Balaban J connectivity index is 1.80. The van der Waals surface area contributed by atoms with E-state index in [4.69, 9.17) is 4.99 Å². The summed E-state index contributed by atoms with van der Waals surface area (Å²) in [7, 11) is 1.91. The number of halogens is 1. The fourth-order valence-electron chi connectivity index (χ4n) is 4.26. The second kappa shape index (κ2) is 11.4. The molecule has 0 spiro atoms. The van der Waals surface area contributed by atoms with E-state index in [9.17, 15) is 4.79 Å². The van der Waals surface area contributed by atoms with Gasteiger partial charge in [-0.25, -0.2) is 9.67 Å². The van der Waals surface area contributed by atoms with Crippen LogP contribution in [0.25, 0.3) is 16.9 Å². The Bertz CT molecular complexity index is 1390. The van der Waals surface area contributed by atoms with Crippen molar-refractivity contribution in [2.75, 3.05) is 19.6 Å². The minimum atomic E-state index is -0.107. The van der Waals surface area contributed by atoms with Crippen LogP contribution in [0.4, 0.5) is 5.69 Å². The van der Waals surface area contributed by atoms with Crippen LogP contribution < -0.4 is 10.4 Å². The lowest BCUT2D eigenvalue weighted by atomic mass is 10.2. The van der Waals surface area contributed by atoms with E-state index in [2.05, 4.69) is 68.9 Å². The van der Waals surface area contributed by atoms with Gasteiger partial charge in [0.05, 0.1) is 17.1 Å². The molecule has 0 aliphatic heterocycles. The summed E-state index contributed by atoms with van der Waals surface area (Å²) in [5.74, 6) is 0. The lowest BCUT2D eigenvalue weighted by Gasteiger charge is -2.18. The third kappa shape index (κ3) is 5.44. The Morgan fingerprint density at radius 2 is 1.71 bits per heavy atom. The van der Waals surface area contributed by atoms with E-state index in [1.807, 2.05) is 49.0 Å². The van der Waals surface area contributed by atoms with Gasteiger partial charge in [0.25, 0.3) is 5.56 Å². The summed E-state index contributed by atoms with van der Waals surface area (Å²) in [6.45, 7) is 10.3. The van der Waals surface area contributed by atoms with Crippen LogP contribution in [0.2, 0.25) is 0 Å². The molecule has 0 saturated heterocycles. The van der Waals surface area contributed by atoms with Crippen molar-refractivity contribution in [3.05, 3.63) is 85.3 Å². The molecule has 0 fully saturated rings. The summed E-state index contributed by atoms with van der Waals surface area (Å²) in [5, 5.41) is 2.15. The van der Waals surface area contributed by atoms with Crippen molar-refractivity contribution < 1.29 is 0 Å². The van der Waals surface area contributed by atoms with Crippen molar-refractivity contribution in [3.8, 4) is 16.9 Å². The number of para-hydroxylation sites is 1. The maximum atomic E-state index is 13.5. The zero-order valence-electron chi connectivity index (χ0n) is 20.7. The molecule has 0 atom stereocenters. The first kappa shape index (κ1) is 25.4. The second-order valence-electron chi connectivity index (χ2n) is 8.46. The molecule has 2 aromatic carbocycles. The summed E-state index contributed by atoms with van der Waals surface area (Å²) >= 11 is 5.12. The lowest BCUT2D eigenvalue weighted by Crippen LogP contribution is -2.26. The van der Waals surface area contributed by atoms with Crippen molar-refractivity contribution in [3.63, 3.8) is 0 Å². The predicted octanol–water partition coefficient (Wildman–Crippen LogP) is 5.74. The zero-order chi connectivity index (χ0) is 24.9. The molecule has 6 nitrogen and oxygen atoms in total. The van der Waals surface area contributed by atoms with Gasteiger partial charge in [-0.3, -0.25) is 9.48 Å². The van der Waals surface area contributed by atoms with Gasteiger partial charge < -0.3 is 9.47 Å². The molecule has 2 heterocycles. The van der Waals surface area contributed by atoms with E-state index in [1.165, 1.54) is 0 Å². The molecule has 0 aliphatic rings. The van der Waals surface area contributed by atoms with Crippen molar-refractivity contribution in [2.45, 2.75) is 33.7 Å². The minimum Gasteiger partial charge on any atom is -0.316 e. The maximum absolute atomic E-state index is 13.5. The van der Waals surface area contributed by atoms with E-state index in [0.717, 1.165) is 64.5 Å². The van der Waals surface area contributed by atoms with E-state index >= 15 is 0 Å². The molecular weight excluding hydrogens is 522 g/mol. The van der Waals surface area contributed by atoms with Crippen LogP contribution in [0.15, 0.2) is 74.2 Å². The Morgan fingerprint density at radius 3 is 2.37 bits per heavy atom. The molecule has 4 rings (SSSR count). The first-order valence-electron chi connectivity index (χ1n) is 12.0. The van der Waals surface area contributed by atoms with Gasteiger partial charge in [-0.1, -0.05) is 60.1 Å². The van der Waals surface area contributed by atoms with Crippen LogP contribution in [0, 0.1) is 6.92 Å². The Hall–Kier alpha value is -2.68. The number of benzene rings is 2. The van der Waals surface area contributed by atoms with E-state index in [1.54, 1.807) is 16.0 Å². The Morgan fingerprint density at radius 1 is 1.03 bits per heavy atom. The SMILES string of the molecule is CCN(CC)CCCn1c(-c2ccc(Br)cc2)csc1=Nc1c(C)n(C)n(-c2ccccc2)c1=O. The number of aromatic nitrogens is 3. The van der Waals surface area contributed by atoms with Gasteiger partial charge in [0.2, 0.25) is 0 Å². The normalized spacial score (nSPS) is 12.1. The highest BCUT2D eigenvalue weighted by Gasteiger charge is 2.17. The molecule has 2 aromatic heterocycles. The third-order valence-corrected chi connectivity index (χ3v) is 7.81. The van der Waals surface area contributed by atoms with E-state index in [-0.39, 0.29) is 5.56 Å². The molecule has 35 heavy (non-hydrogen) atoms. The standard InChI is InChI=1S/C27H32BrN5OS/c1-5-31(6-2)17-10-18-32-24(21-13-15-22(28)16-14-21)19-35-27(32)29-25-20(3)30(4)33(26(25)34)23-11-8-7-9-12-23/h7-9,11-16,19H,5-6,10,17-18H2,1-4H3. The average Bonchev–Trinajstić information content (AvgIpc) is 3.36. The number of hydrogen-bond acceptors (Lipinski definition) is 4. The first-order valence-corrected chi connectivity index (χ1v) is 13.7. The van der Waals surface area contributed by atoms with Gasteiger partial charge in [-0.15, -0.1) is 11.3 Å². The molecule has 0 bridgehead atoms. The topological polar surface area (TPSA) is 47.5 Å². The van der Waals surface area contributed by atoms with Gasteiger partial charge >= 0.3 is 0 Å². The van der Waals surface area contributed by atoms with Crippen molar-refractivity contribution in [2.24, 2.45) is 12.0 Å². The number of nitrogens with zero attached hydrogens (tertiary/aromatic N) is 5. The van der Waals surface area contributed by atoms with Crippen molar-refractivity contribution >= 4 is 33.0 Å². The van der Waals surface area contributed by atoms with Gasteiger partial charge in [-0.2, -0.15) is 0 Å². The summed E-state index contributed by atoms with van der Waals surface area (Å²) in [5.41, 5.74) is 4.31. The van der Waals surface area contributed by atoms with Crippen LogP contribution in [-0.2, 0) is 13.6 Å². The molecule has 8 heteroatoms. The monoisotopic (exact) mass is 553 g/mol. The number of hydrogen-bond donors (Lipinski definition) is 0. The Labute approximate surface area is 218 Å². The van der Waals surface area contributed by atoms with Gasteiger partial charge in [0, 0.05) is 23.4 Å². The molecule has 0 unspecified atom stereocenters. The highest BCUT2D eigenvalue weighted by molar-refractivity contribution is 9.10. The van der Waals surface area contributed by atoms with E-state index < -0.39 is 0 Å². The molecule has 0 radical (unpaired) electrons. The quantitative estimate of drug-likeness (QED) is 0.265. The fourth-order valence-corrected chi connectivity index (χ4v) is 5.46. The van der Waals surface area contributed by atoms with Crippen molar-refractivity contribution in [1.82, 2.24) is 18.8 Å². The van der Waals surface area contributed by atoms with Crippen LogP contribution >= 0.6 is 27.3 Å². The number of thiazole rings is 1. The third-order valence-electron chi connectivity index (χ3n) is 6.42. The Kier molecular flexibility index (Phi) is 8.26.